The van der Waals surface area contributed by atoms with Gasteiger partial charge in [-0.15, -0.1) is 11.3 Å². The standard InChI is InChI=1S/C7H6F3OS/c1-2-11-6-4-12-3-5(6)7(8,9)10/h4H,2H2,1H3. The van der Waals surface area contributed by atoms with Gasteiger partial charge in [0.1, 0.15) is 11.3 Å². The Kier molecular flexibility index (Phi) is 2.62. The minimum Gasteiger partial charge on any atom is -0.492 e. The highest BCUT2D eigenvalue weighted by Crippen LogP contribution is 2.37. The molecule has 5 heteroatoms. The summed E-state index contributed by atoms with van der Waals surface area (Å²) in [5, 5.41) is 3.42. The summed E-state index contributed by atoms with van der Waals surface area (Å²) in [5.41, 5.74) is -0.811. The molecule has 0 aromatic carbocycles. The van der Waals surface area contributed by atoms with Crippen LogP contribution in [-0.4, -0.2) is 6.61 Å². The molecule has 0 bridgehead atoms. The first-order valence-electron chi connectivity index (χ1n) is 3.25. The molecule has 0 aliphatic rings. The van der Waals surface area contributed by atoms with Crippen molar-refractivity contribution in [1.29, 1.82) is 0 Å². The molecule has 0 N–H and O–H groups in total. The van der Waals surface area contributed by atoms with Crippen molar-refractivity contribution in [2.75, 3.05) is 6.61 Å². The molecular formula is C7H6F3OS. The maximum absolute atomic E-state index is 12.1. The zero-order chi connectivity index (χ0) is 9.19. The summed E-state index contributed by atoms with van der Waals surface area (Å²) in [7, 11) is 0. The monoisotopic (exact) mass is 195 g/mol. The van der Waals surface area contributed by atoms with Gasteiger partial charge in [-0.2, -0.15) is 13.2 Å². The van der Waals surface area contributed by atoms with Crippen LogP contribution < -0.4 is 4.74 Å². The van der Waals surface area contributed by atoms with Gasteiger partial charge in [-0.25, -0.2) is 0 Å². The maximum atomic E-state index is 12.1. The van der Waals surface area contributed by atoms with Crippen molar-refractivity contribution in [3.63, 3.8) is 0 Å². The molecule has 12 heavy (non-hydrogen) atoms. The van der Waals surface area contributed by atoms with Crippen LogP contribution in [0.5, 0.6) is 5.75 Å². The molecule has 1 radical (unpaired) electrons. The van der Waals surface area contributed by atoms with Crippen LogP contribution in [0.1, 0.15) is 12.5 Å². The normalized spacial score (nSPS) is 11.7. The van der Waals surface area contributed by atoms with Gasteiger partial charge in [0, 0.05) is 5.38 Å². The average molecular weight is 195 g/mol. The van der Waals surface area contributed by atoms with E-state index in [4.69, 9.17) is 4.74 Å². The van der Waals surface area contributed by atoms with Crippen molar-refractivity contribution in [3.8, 4) is 5.75 Å². The van der Waals surface area contributed by atoms with Crippen LogP contribution in [0, 0.1) is 5.38 Å². The fourth-order valence-corrected chi connectivity index (χ4v) is 1.40. The molecule has 1 heterocycles. The molecule has 0 spiro atoms. The summed E-state index contributed by atoms with van der Waals surface area (Å²) in [6.45, 7) is 1.87. The van der Waals surface area contributed by atoms with Crippen molar-refractivity contribution < 1.29 is 17.9 Å². The molecule has 1 rings (SSSR count). The highest BCUT2D eigenvalue weighted by Gasteiger charge is 2.35. The maximum Gasteiger partial charge on any atom is 0.421 e. The smallest absolute Gasteiger partial charge is 0.421 e. The third-order valence-corrected chi connectivity index (χ3v) is 1.81. The number of hydrogen-bond acceptors (Lipinski definition) is 2. The first-order chi connectivity index (χ1) is 5.55. The van der Waals surface area contributed by atoms with Gasteiger partial charge in [0.15, 0.2) is 0 Å². The number of thiophene rings is 1. The van der Waals surface area contributed by atoms with Gasteiger partial charge in [0.25, 0.3) is 0 Å². The summed E-state index contributed by atoms with van der Waals surface area (Å²) >= 11 is 0.863. The average Bonchev–Trinajstić information content (AvgIpc) is 2.34. The Balaban J connectivity index is 2.91. The van der Waals surface area contributed by atoms with Gasteiger partial charge in [-0.3, -0.25) is 0 Å². The predicted octanol–water partition coefficient (Wildman–Crippen LogP) is 2.97. The second-order valence-electron chi connectivity index (χ2n) is 2.01. The first kappa shape index (κ1) is 9.38. The Hall–Kier alpha value is -0.710. The fraction of sp³-hybridized carbons (Fsp3) is 0.429. The van der Waals surface area contributed by atoms with Crippen LogP contribution in [0.15, 0.2) is 5.38 Å². The predicted molar refractivity (Wildman–Crippen MR) is 39.3 cm³/mol. The third-order valence-electron chi connectivity index (χ3n) is 1.16. The minimum absolute atomic E-state index is 0.130. The summed E-state index contributed by atoms with van der Waals surface area (Å²) in [5.74, 6) is -0.130. The molecule has 1 nitrogen and oxygen atoms in total. The Morgan fingerprint density at radius 3 is 2.75 bits per heavy atom. The van der Waals surface area contributed by atoms with Crippen molar-refractivity contribution in [3.05, 3.63) is 16.3 Å². The Bertz CT molecular complexity index is 253. The highest BCUT2D eigenvalue weighted by molar-refractivity contribution is 7.07. The van der Waals surface area contributed by atoms with Crippen LogP contribution in [0.2, 0.25) is 0 Å². The quantitative estimate of drug-likeness (QED) is 0.704. The highest BCUT2D eigenvalue weighted by atomic mass is 32.1. The molecule has 0 saturated carbocycles. The summed E-state index contributed by atoms with van der Waals surface area (Å²) < 4.78 is 41.1. The minimum atomic E-state index is -4.36. The van der Waals surface area contributed by atoms with Crippen LogP contribution in [-0.2, 0) is 6.18 Å². The Morgan fingerprint density at radius 2 is 2.25 bits per heavy atom. The lowest BCUT2D eigenvalue weighted by Crippen LogP contribution is -2.06. The number of hydrogen-bond donors (Lipinski definition) is 0. The van der Waals surface area contributed by atoms with Crippen LogP contribution in [0.4, 0.5) is 13.2 Å². The fourth-order valence-electron chi connectivity index (χ4n) is 0.710. The van der Waals surface area contributed by atoms with E-state index in [1.165, 1.54) is 5.38 Å². The van der Waals surface area contributed by atoms with Crippen LogP contribution in [0.3, 0.4) is 0 Å². The van der Waals surface area contributed by atoms with E-state index in [-0.39, 0.29) is 12.4 Å². The van der Waals surface area contributed by atoms with E-state index in [9.17, 15) is 13.2 Å². The molecule has 0 aliphatic carbocycles. The summed E-state index contributed by atoms with van der Waals surface area (Å²) in [6, 6.07) is 0. The lowest BCUT2D eigenvalue weighted by molar-refractivity contribution is -0.138. The SMILES string of the molecule is CCOc1cs[c]c1C(F)(F)F. The molecule has 0 unspecified atom stereocenters. The molecule has 0 amide bonds. The lowest BCUT2D eigenvalue weighted by atomic mass is 10.3. The molecule has 0 fully saturated rings. The number of halogens is 3. The second kappa shape index (κ2) is 3.35. The zero-order valence-corrected chi connectivity index (χ0v) is 7.05. The van der Waals surface area contributed by atoms with Crippen LogP contribution >= 0.6 is 11.3 Å². The summed E-state index contributed by atoms with van der Waals surface area (Å²) in [4.78, 5) is 0. The number of ether oxygens (including phenoxy) is 1. The van der Waals surface area contributed by atoms with E-state index >= 15 is 0 Å². The van der Waals surface area contributed by atoms with E-state index in [0.717, 1.165) is 11.3 Å². The molecule has 0 atom stereocenters. The topological polar surface area (TPSA) is 9.23 Å². The van der Waals surface area contributed by atoms with Gasteiger partial charge in [-0.05, 0) is 6.92 Å². The Morgan fingerprint density at radius 1 is 1.58 bits per heavy atom. The zero-order valence-electron chi connectivity index (χ0n) is 6.23. The molecule has 1 aromatic rings. The van der Waals surface area contributed by atoms with E-state index in [0.29, 0.717) is 0 Å². The van der Waals surface area contributed by atoms with Crippen molar-refractivity contribution in [2.24, 2.45) is 0 Å². The molecule has 0 aliphatic heterocycles. The van der Waals surface area contributed by atoms with Crippen molar-refractivity contribution in [2.45, 2.75) is 13.1 Å². The largest absolute Gasteiger partial charge is 0.492 e. The van der Waals surface area contributed by atoms with Crippen LogP contribution in [0.25, 0.3) is 0 Å². The van der Waals surface area contributed by atoms with E-state index in [1.54, 1.807) is 6.92 Å². The third kappa shape index (κ3) is 1.91. The van der Waals surface area contributed by atoms with E-state index in [1.807, 2.05) is 0 Å². The second-order valence-corrected chi connectivity index (χ2v) is 2.68. The van der Waals surface area contributed by atoms with Gasteiger partial charge in [0.05, 0.1) is 12.0 Å². The van der Waals surface area contributed by atoms with E-state index < -0.39 is 11.7 Å². The lowest BCUT2D eigenvalue weighted by Gasteiger charge is -2.07. The molecule has 1 aromatic heterocycles. The van der Waals surface area contributed by atoms with Gasteiger partial charge < -0.3 is 4.74 Å². The summed E-state index contributed by atoms with van der Waals surface area (Å²) in [6.07, 6.45) is -4.36. The van der Waals surface area contributed by atoms with Gasteiger partial charge in [0.2, 0.25) is 0 Å². The Labute approximate surface area is 71.8 Å². The van der Waals surface area contributed by atoms with Crippen molar-refractivity contribution >= 4 is 11.3 Å². The number of rotatable bonds is 2. The molecule has 0 saturated heterocycles. The van der Waals surface area contributed by atoms with Gasteiger partial charge in [-0.1, -0.05) is 0 Å². The number of alkyl halides is 3. The van der Waals surface area contributed by atoms with Gasteiger partial charge >= 0.3 is 6.18 Å². The van der Waals surface area contributed by atoms with E-state index in [2.05, 4.69) is 5.38 Å². The molecule has 67 valence electrons. The van der Waals surface area contributed by atoms with Crippen molar-refractivity contribution in [1.82, 2.24) is 0 Å². The molecular weight excluding hydrogens is 189 g/mol. The first-order valence-corrected chi connectivity index (χ1v) is 4.13.